The molecule has 0 fully saturated rings. The largest absolute Gasteiger partial charge is 0.268 e. The lowest BCUT2D eigenvalue weighted by Crippen LogP contribution is -2.36. The molecule has 0 saturated carbocycles. The normalized spacial score (nSPS) is 11.2. The summed E-state index contributed by atoms with van der Waals surface area (Å²) >= 11 is 0. The third kappa shape index (κ3) is 2.52. The van der Waals surface area contributed by atoms with Crippen LogP contribution in [0.15, 0.2) is 60.8 Å². The van der Waals surface area contributed by atoms with Gasteiger partial charge in [0.2, 0.25) is 11.2 Å². The zero-order valence-electron chi connectivity index (χ0n) is 15.1. The smallest absolute Gasteiger partial charge is 0.218 e. The number of aromatic nitrogens is 3. The van der Waals surface area contributed by atoms with Gasteiger partial charge in [-0.05, 0) is 43.7 Å². The lowest BCUT2D eigenvalue weighted by molar-refractivity contribution is -0.574. The number of nitrogens with zero attached hydrogens (tertiary/aromatic N) is 3. The first kappa shape index (κ1) is 15.6. The van der Waals surface area contributed by atoms with E-state index in [1.54, 1.807) is 0 Å². The molecule has 0 atom stereocenters. The number of hydrogen-bond acceptors (Lipinski definition) is 1. The summed E-state index contributed by atoms with van der Waals surface area (Å²) in [5.41, 5.74) is 8.56. The van der Waals surface area contributed by atoms with Crippen molar-refractivity contribution in [1.29, 1.82) is 0 Å². The van der Waals surface area contributed by atoms with E-state index in [0.717, 1.165) is 5.69 Å². The monoisotopic (exact) mass is 328 g/mol. The first-order chi connectivity index (χ1) is 12.1. The molecule has 2 aromatic carbocycles. The van der Waals surface area contributed by atoms with E-state index < -0.39 is 0 Å². The van der Waals surface area contributed by atoms with Gasteiger partial charge in [0.25, 0.3) is 0 Å². The SMILES string of the molecule is Cc1cc(-c2ccnn2C)c(C)c(-[n+]2c(C)ccc3ccccc32)c1. The molecule has 124 valence electrons. The van der Waals surface area contributed by atoms with Crippen LogP contribution in [0.5, 0.6) is 0 Å². The van der Waals surface area contributed by atoms with Crippen molar-refractivity contribution < 1.29 is 4.57 Å². The van der Waals surface area contributed by atoms with Crippen LogP contribution in [0.4, 0.5) is 0 Å². The lowest BCUT2D eigenvalue weighted by atomic mass is 9.99. The summed E-state index contributed by atoms with van der Waals surface area (Å²) in [6.45, 7) is 6.52. The van der Waals surface area contributed by atoms with Gasteiger partial charge in [-0.15, -0.1) is 0 Å². The van der Waals surface area contributed by atoms with Crippen LogP contribution in [0.2, 0.25) is 0 Å². The number of pyridine rings is 1. The zero-order valence-corrected chi connectivity index (χ0v) is 15.1. The van der Waals surface area contributed by atoms with Crippen molar-refractivity contribution in [1.82, 2.24) is 9.78 Å². The van der Waals surface area contributed by atoms with Crippen LogP contribution in [0.3, 0.4) is 0 Å². The second-order valence-electron chi connectivity index (χ2n) is 6.67. The molecule has 0 bridgehead atoms. The third-order valence-corrected chi connectivity index (χ3v) is 4.90. The Morgan fingerprint density at radius 2 is 1.72 bits per heavy atom. The summed E-state index contributed by atoms with van der Waals surface area (Å²) < 4.78 is 4.30. The van der Waals surface area contributed by atoms with Crippen molar-refractivity contribution >= 4 is 10.9 Å². The van der Waals surface area contributed by atoms with Gasteiger partial charge in [0.1, 0.15) is 0 Å². The standard InChI is InChI=1S/C22H22N3/c1-15-13-19(21-11-12-23-24(21)4)17(3)22(14-15)25-16(2)9-10-18-7-5-6-8-20(18)25/h5-14H,1-4H3/q+1. The maximum atomic E-state index is 4.34. The molecule has 3 nitrogen and oxygen atoms in total. The van der Waals surface area contributed by atoms with Crippen LogP contribution in [0.1, 0.15) is 16.8 Å². The Labute approximate surface area is 148 Å². The van der Waals surface area contributed by atoms with Crippen molar-refractivity contribution in [2.75, 3.05) is 0 Å². The van der Waals surface area contributed by atoms with E-state index in [4.69, 9.17) is 0 Å². The van der Waals surface area contributed by atoms with Crippen molar-refractivity contribution in [3.63, 3.8) is 0 Å². The Hall–Kier alpha value is -2.94. The molecule has 4 rings (SSSR count). The van der Waals surface area contributed by atoms with Gasteiger partial charge >= 0.3 is 0 Å². The van der Waals surface area contributed by atoms with Gasteiger partial charge in [-0.2, -0.15) is 9.67 Å². The molecule has 25 heavy (non-hydrogen) atoms. The minimum Gasteiger partial charge on any atom is -0.268 e. The first-order valence-electron chi connectivity index (χ1n) is 8.56. The molecular weight excluding hydrogens is 306 g/mol. The van der Waals surface area contributed by atoms with E-state index in [1.165, 1.54) is 39.0 Å². The highest BCUT2D eigenvalue weighted by molar-refractivity contribution is 5.76. The molecule has 0 saturated heterocycles. The average Bonchev–Trinajstić information content (AvgIpc) is 3.03. The van der Waals surface area contributed by atoms with E-state index in [-0.39, 0.29) is 0 Å². The number of rotatable bonds is 2. The van der Waals surface area contributed by atoms with Gasteiger partial charge in [0, 0.05) is 54.9 Å². The summed E-state index contributed by atoms with van der Waals surface area (Å²) in [7, 11) is 1.99. The number of aryl methyl sites for hydroxylation is 3. The quantitative estimate of drug-likeness (QED) is 0.499. The fourth-order valence-corrected chi connectivity index (χ4v) is 3.60. The van der Waals surface area contributed by atoms with Gasteiger partial charge in [-0.1, -0.05) is 12.1 Å². The van der Waals surface area contributed by atoms with Crippen molar-refractivity contribution in [2.24, 2.45) is 7.05 Å². The summed E-state index contributed by atoms with van der Waals surface area (Å²) in [6, 6.07) is 19.5. The van der Waals surface area contributed by atoms with Crippen LogP contribution in [-0.2, 0) is 7.05 Å². The highest BCUT2D eigenvalue weighted by Gasteiger charge is 2.21. The van der Waals surface area contributed by atoms with Crippen LogP contribution in [0.25, 0.3) is 27.8 Å². The van der Waals surface area contributed by atoms with Gasteiger partial charge in [-0.25, -0.2) is 0 Å². The summed E-state index contributed by atoms with van der Waals surface area (Å²) in [6.07, 6.45) is 1.85. The van der Waals surface area contributed by atoms with Crippen LogP contribution >= 0.6 is 0 Å². The predicted octanol–water partition coefficient (Wildman–Crippen LogP) is 4.44. The molecule has 0 unspecified atom stereocenters. The molecule has 0 spiro atoms. The maximum absolute atomic E-state index is 4.34. The second-order valence-corrected chi connectivity index (χ2v) is 6.67. The van der Waals surface area contributed by atoms with Gasteiger partial charge in [0.15, 0.2) is 5.69 Å². The van der Waals surface area contributed by atoms with Gasteiger partial charge < -0.3 is 0 Å². The van der Waals surface area contributed by atoms with Crippen molar-refractivity contribution in [2.45, 2.75) is 20.8 Å². The number of fused-ring (bicyclic) bond motifs is 1. The number of benzene rings is 2. The minimum atomic E-state index is 1.14. The maximum Gasteiger partial charge on any atom is 0.218 e. The Balaban J connectivity index is 2.07. The number of hydrogen-bond donors (Lipinski definition) is 0. The van der Waals surface area contributed by atoms with Crippen molar-refractivity contribution in [3.05, 3.63) is 77.6 Å². The molecule has 0 N–H and O–H groups in total. The first-order valence-corrected chi connectivity index (χ1v) is 8.56. The highest BCUT2D eigenvalue weighted by atomic mass is 15.3. The summed E-state index contributed by atoms with van der Waals surface area (Å²) in [5, 5.41) is 5.59. The topological polar surface area (TPSA) is 21.7 Å². The molecule has 4 aromatic rings. The fraction of sp³-hybridized carbons (Fsp3) is 0.182. The van der Waals surface area contributed by atoms with Gasteiger partial charge in [0.05, 0.1) is 5.69 Å². The Kier molecular flexibility index (Phi) is 3.65. The zero-order chi connectivity index (χ0) is 17.6. The molecule has 0 aliphatic heterocycles. The molecular formula is C22H22N3+. The van der Waals surface area contributed by atoms with E-state index in [9.17, 15) is 0 Å². The van der Waals surface area contributed by atoms with E-state index in [2.05, 4.69) is 85.0 Å². The molecule has 0 amide bonds. The summed E-state index contributed by atoms with van der Waals surface area (Å²) in [5.74, 6) is 0. The van der Waals surface area contributed by atoms with Crippen LogP contribution in [0, 0.1) is 20.8 Å². The lowest BCUT2D eigenvalue weighted by Gasteiger charge is -2.12. The average molecular weight is 328 g/mol. The highest BCUT2D eigenvalue weighted by Crippen LogP contribution is 2.28. The molecule has 0 radical (unpaired) electrons. The Morgan fingerprint density at radius 3 is 2.48 bits per heavy atom. The van der Waals surface area contributed by atoms with Crippen LogP contribution < -0.4 is 4.57 Å². The molecule has 0 aliphatic rings. The fourth-order valence-electron chi connectivity index (χ4n) is 3.60. The molecule has 2 heterocycles. The molecule has 2 aromatic heterocycles. The summed E-state index contributed by atoms with van der Waals surface area (Å²) in [4.78, 5) is 0. The van der Waals surface area contributed by atoms with Crippen LogP contribution in [-0.4, -0.2) is 9.78 Å². The number of para-hydroxylation sites is 1. The second kappa shape index (κ2) is 5.85. The Morgan fingerprint density at radius 1 is 0.920 bits per heavy atom. The predicted molar refractivity (Wildman–Crippen MR) is 102 cm³/mol. The molecule has 0 aliphatic carbocycles. The Bertz CT molecular complexity index is 1090. The van der Waals surface area contributed by atoms with E-state index in [0.29, 0.717) is 0 Å². The minimum absolute atomic E-state index is 1.14. The van der Waals surface area contributed by atoms with E-state index in [1.807, 2.05) is 17.9 Å². The molecule has 3 heteroatoms. The van der Waals surface area contributed by atoms with Crippen molar-refractivity contribution in [3.8, 4) is 16.9 Å². The third-order valence-electron chi connectivity index (χ3n) is 4.90. The van der Waals surface area contributed by atoms with E-state index >= 15 is 0 Å². The van der Waals surface area contributed by atoms with Gasteiger partial charge in [-0.3, -0.25) is 4.68 Å².